The zero-order chi connectivity index (χ0) is 14.2. The Morgan fingerprint density at radius 1 is 1.37 bits per heavy atom. The van der Waals surface area contributed by atoms with Gasteiger partial charge in [-0.3, -0.25) is 0 Å². The molecule has 102 valence electrons. The normalized spacial score (nSPS) is 13.2. The van der Waals surface area contributed by atoms with Crippen LogP contribution in [0.5, 0.6) is 0 Å². The van der Waals surface area contributed by atoms with Gasteiger partial charge in [0.25, 0.3) is 9.05 Å². The number of hydrogen-bond donors (Lipinski definition) is 0. The molecule has 3 nitrogen and oxygen atoms in total. The average molecular weight is 339 g/mol. The Kier molecular flexibility index (Phi) is 4.16. The topological polar surface area (TPSA) is 39.1 Å². The number of rotatable bonds is 3. The Morgan fingerprint density at radius 2 is 2.00 bits per heavy atom. The molecule has 0 aliphatic carbocycles. The van der Waals surface area contributed by atoms with E-state index in [9.17, 15) is 8.42 Å². The van der Waals surface area contributed by atoms with Crippen LogP contribution in [0.3, 0.4) is 0 Å². The molecular formula is C12H10Cl3NO2S. The van der Waals surface area contributed by atoms with Gasteiger partial charge in [-0.25, -0.2) is 8.42 Å². The standard InChI is InChI=1S/C12H10Cl3NO2S/c1-8-12(19(15,17)18)10-4-2-3-5-11(10)16(8)7-9(14)6-13/h2-6H,7H2,1H3/b9-6-. The van der Waals surface area contributed by atoms with Gasteiger partial charge in [-0.2, -0.15) is 0 Å². The summed E-state index contributed by atoms with van der Waals surface area (Å²) in [6.45, 7) is 1.98. The molecule has 19 heavy (non-hydrogen) atoms. The molecule has 0 aliphatic rings. The fourth-order valence-corrected chi connectivity index (χ4v) is 3.77. The molecule has 1 aromatic carbocycles. The molecule has 0 spiro atoms. The lowest BCUT2D eigenvalue weighted by Crippen LogP contribution is -2.01. The van der Waals surface area contributed by atoms with E-state index in [4.69, 9.17) is 33.9 Å². The minimum absolute atomic E-state index is 0.115. The third-order valence-corrected chi connectivity index (χ3v) is 4.91. The summed E-state index contributed by atoms with van der Waals surface area (Å²) in [4.78, 5) is 0.115. The third-order valence-electron chi connectivity index (χ3n) is 2.84. The summed E-state index contributed by atoms with van der Waals surface area (Å²) in [7, 11) is 1.69. The fourth-order valence-electron chi connectivity index (χ4n) is 2.10. The van der Waals surface area contributed by atoms with E-state index in [1.807, 2.05) is 12.1 Å². The van der Waals surface area contributed by atoms with Crippen LogP contribution in [0.25, 0.3) is 10.9 Å². The van der Waals surface area contributed by atoms with Crippen molar-refractivity contribution >= 4 is 53.8 Å². The van der Waals surface area contributed by atoms with Crippen LogP contribution in [0.1, 0.15) is 5.69 Å². The highest BCUT2D eigenvalue weighted by Crippen LogP contribution is 2.32. The molecule has 0 atom stereocenters. The van der Waals surface area contributed by atoms with E-state index in [2.05, 4.69) is 0 Å². The van der Waals surface area contributed by atoms with Gasteiger partial charge in [0.1, 0.15) is 4.90 Å². The first-order valence-corrected chi connectivity index (χ1v) is 8.46. The van der Waals surface area contributed by atoms with Gasteiger partial charge in [0.15, 0.2) is 0 Å². The van der Waals surface area contributed by atoms with Crippen molar-refractivity contribution in [1.82, 2.24) is 4.57 Å². The molecule has 1 heterocycles. The van der Waals surface area contributed by atoms with Gasteiger partial charge in [-0.1, -0.05) is 41.4 Å². The van der Waals surface area contributed by atoms with E-state index in [0.717, 1.165) is 5.52 Å². The molecule has 2 rings (SSSR count). The molecule has 0 bridgehead atoms. The maximum absolute atomic E-state index is 11.7. The maximum Gasteiger partial charge on any atom is 0.263 e. The van der Waals surface area contributed by atoms with Crippen molar-refractivity contribution in [2.45, 2.75) is 18.4 Å². The van der Waals surface area contributed by atoms with Crippen LogP contribution < -0.4 is 0 Å². The summed E-state index contributed by atoms with van der Waals surface area (Å²) in [6.07, 6.45) is 0. The number of aromatic nitrogens is 1. The molecule has 0 aliphatic heterocycles. The summed E-state index contributed by atoms with van der Waals surface area (Å²) in [5.41, 5.74) is 2.54. The highest BCUT2D eigenvalue weighted by molar-refractivity contribution is 8.14. The Bertz CT molecular complexity index is 763. The predicted molar refractivity (Wildman–Crippen MR) is 79.5 cm³/mol. The van der Waals surface area contributed by atoms with Gasteiger partial charge in [0, 0.05) is 37.8 Å². The van der Waals surface area contributed by atoms with Crippen LogP contribution in [0.2, 0.25) is 0 Å². The Balaban J connectivity index is 2.82. The number of benzene rings is 1. The molecule has 0 radical (unpaired) electrons. The van der Waals surface area contributed by atoms with Gasteiger partial charge < -0.3 is 4.57 Å². The summed E-state index contributed by atoms with van der Waals surface area (Å²) in [6, 6.07) is 7.11. The molecule has 0 fully saturated rings. The molecule has 2 aromatic rings. The number of nitrogens with zero attached hydrogens (tertiary/aromatic N) is 1. The minimum Gasteiger partial charge on any atom is -0.338 e. The second-order valence-corrected chi connectivity index (χ2v) is 7.22. The van der Waals surface area contributed by atoms with Gasteiger partial charge in [0.05, 0.1) is 6.54 Å². The molecule has 0 saturated heterocycles. The Labute approximate surface area is 125 Å². The van der Waals surface area contributed by atoms with Crippen LogP contribution in [0.4, 0.5) is 0 Å². The molecule has 0 unspecified atom stereocenters. The summed E-state index contributed by atoms with van der Waals surface area (Å²) < 4.78 is 25.2. The van der Waals surface area contributed by atoms with Crippen LogP contribution in [-0.4, -0.2) is 13.0 Å². The van der Waals surface area contributed by atoms with Crippen molar-refractivity contribution in [3.63, 3.8) is 0 Å². The summed E-state index contributed by atoms with van der Waals surface area (Å²) in [5.74, 6) is 0. The van der Waals surface area contributed by atoms with Crippen LogP contribution in [-0.2, 0) is 15.6 Å². The largest absolute Gasteiger partial charge is 0.338 e. The average Bonchev–Trinajstić information content (AvgIpc) is 2.62. The zero-order valence-electron chi connectivity index (χ0n) is 9.90. The van der Waals surface area contributed by atoms with E-state index in [1.54, 1.807) is 23.6 Å². The van der Waals surface area contributed by atoms with E-state index in [0.29, 0.717) is 22.7 Å². The van der Waals surface area contributed by atoms with Crippen molar-refractivity contribution in [1.29, 1.82) is 0 Å². The molecule has 1 aromatic heterocycles. The van der Waals surface area contributed by atoms with Crippen LogP contribution in [0.15, 0.2) is 39.7 Å². The molecule has 0 saturated carbocycles. The van der Waals surface area contributed by atoms with Gasteiger partial charge in [-0.05, 0) is 13.0 Å². The molecule has 0 amide bonds. The van der Waals surface area contributed by atoms with E-state index < -0.39 is 9.05 Å². The van der Waals surface area contributed by atoms with E-state index >= 15 is 0 Å². The van der Waals surface area contributed by atoms with E-state index in [1.165, 1.54) is 5.54 Å². The molecular weight excluding hydrogens is 329 g/mol. The highest BCUT2D eigenvalue weighted by Gasteiger charge is 2.23. The second kappa shape index (κ2) is 5.37. The van der Waals surface area contributed by atoms with Crippen molar-refractivity contribution in [3.8, 4) is 0 Å². The van der Waals surface area contributed by atoms with Gasteiger partial charge in [0.2, 0.25) is 0 Å². The van der Waals surface area contributed by atoms with Crippen molar-refractivity contribution in [3.05, 3.63) is 40.5 Å². The fraction of sp³-hybridized carbons (Fsp3) is 0.167. The molecule has 0 N–H and O–H groups in total. The SMILES string of the molecule is Cc1c(S(=O)(=O)Cl)c2ccccc2n1C/C(Cl)=C/Cl. The van der Waals surface area contributed by atoms with Crippen molar-refractivity contribution in [2.75, 3.05) is 0 Å². The first-order chi connectivity index (χ1) is 8.86. The summed E-state index contributed by atoms with van der Waals surface area (Å²) in [5, 5.41) is 0.984. The van der Waals surface area contributed by atoms with Crippen LogP contribution in [0, 0.1) is 6.92 Å². The number of halogens is 3. The maximum atomic E-state index is 11.7. The minimum atomic E-state index is -3.83. The number of para-hydroxylation sites is 1. The predicted octanol–water partition coefficient (Wildman–Crippen LogP) is 4.20. The van der Waals surface area contributed by atoms with Crippen molar-refractivity contribution in [2.24, 2.45) is 0 Å². The molecule has 7 heteroatoms. The lowest BCUT2D eigenvalue weighted by molar-refractivity contribution is 0.609. The zero-order valence-corrected chi connectivity index (χ0v) is 13.0. The number of allylic oxidation sites excluding steroid dienone is 1. The second-order valence-electron chi connectivity index (χ2n) is 4.01. The lowest BCUT2D eigenvalue weighted by atomic mass is 10.2. The first-order valence-electron chi connectivity index (χ1n) is 5.33. The summed E-state index contributed by atoms with van der Waals surface area (Å²) >= 11 is 11.5. The first kappa shape index (κ1) is 14.7. The van der Waals surface area contributed by atoms with Crippen molar-refractivity contribution < 1.29 is 8.42 Å². The Morgan fingerprint density at radius 3 is 2.58 bits per heavy atom. The van der Waals surface area contributed by atoms with Gasteiger partial charge >= 0.3 is 0 Å². The van der Waals surface area contributed by atoms with Gasteiger partial charge in [-0.15, -0.1) is 0 Å². The smallest absolute Gasteiger partial charge is 0.263 e. The van der Waals surface area contributed by atoms with E-state index in [-0.39, 0.29) is 4.90 Å². The monoisotopic (exact) mass is 337 g/mol. The highest BCUT2D eigenvalue weighted by atomic mass is 35.7. The number of fused-ring (bicyclic) bond motifs is 1. The number of hydrogen-bond acceptors (Lipinski definition) is 2. The lowest BCUT2D eigenvalue weighted by Gasteiger charge is -2.06. The van der Waals surface area contributed by atoms with Crippen LogP contribution >= 0.6 is 33.9 Å². The quantitative estimate of drug-likeness (QED) is 0.787. The third kappa shape index (κ3) is 2.77. The Hall–Kier alpha value is -0.680.